The molecule has 2 saturated heterocycles. The highest BCUT2D eigenvalue weighted by atomic mass is 16.7. The van der Waals surface area contributed by atoms with E-state index in [4.69, 9.17) is 28.4 Å². The lowest BCUT2D eigenvalue weighted by Crippen LogP contribution is -2.61. The van der Waals surface area contributed by atoms with Crippen LogP contribution in [0.15, 0.2) is 0 Å². The minimum Gasteiger partial charge on any atom is -0.462 e. The van der Waals surface area contributed by atoms with E-state index >= 15 is 0 Å². The standard InChI is InChI=1S/C41H76O15/c1-3-5-7-9-11-13-14-15-16-18-20-22-24-33(44)54-29(26-51-32(43)23-21-19-17-12-10-8-6-4-2)27-52-40-39(50)37(48)35(46)31(56-40)28-53-41-38(49)36(47)34(45)30(25-42)55-41/h29-31,34-42,45-50H,3-28H2,1-2H3. The van der Waals surface area contributed by atoms with Gasteiger partial charge in [-0.15, -0.1) is 0 Å². The summed E-state index contributed by atoms with van der Waals surface area (Å²) in [6.07, 6.45) is 6.00. The molecule has 15 heteroatoms. The van der Waals surface area contributed by atoms with Gasteiger partial charge in [-0.25, -0.2) is 0 Å². The number of esters is 2. The number of carbonyl (C=O) groups is 2. The van der Waals surface area contributed by atoms with Crippen molar-refractivity contribution in [3.8, 4) is 0 Å². The molecule has 15 nitrogen and oxygen atoms in total. The van der Waals surface area contributed by atoms with Crippen molar-refractivity contribution in [3.05, 3.63) is 0 Å². The maximum Gasteiger partial charge on any atom is 0.306 e. The zero-order valence-corrected chi connectivity index (χ0v) is 34.1. The van der Waals surface area contributed by atoms with Crippen molar-refractivity contribution in [2.45, 2.75) is 223 Å². The van der Waals surface area contributed by atoms with Crippen molar-refractivity contribution < 1.29 is 73.8 Å². The van der Waals surface area contributed by atoms with Crippen molar-refractivity contribution in [2.24, 2.45) is 0 Å². The zero-order valence-electron chi connectivity index (χ0n) is 34.1. The van der Waals surface area contributed by atoms with Crippen molar-refractivity contribution in [2.75, 3.05) is 26.4 Å². The highest BCUT2D eigenvalue weighted by molar-refractivity contribution is 5.70. The third-order valence-electron chi connectivity index (χ3n) is 10.6. The number of hydrogen-bond acceptors (Lipinski definition) is 15. The Hall–Kier alpha value is -1.50. The van der Waals surface area contributed by atoms with Gasteiger partial charge in [-0.2, -0.15) is 0 Å². The van der Waals surface area contributed by atoms with Crippen LogP contribution in [0, 0.1) is 0 Å². The predicted octanol–water partition coefficient (Wildman–Crippen LogP) is 3.70. The summed E-state index contributed by atoms with van der Waals surface area (Å²) in [5, 5.41) is 71.6. The molecular formula is C41H76O15. The molecule has 0 amide bonds. The van der Waals surface area contributed by atoms with Gasteiger partial charge in [0.05, 0.1) is 19.8 Å². The van der Waals surface area contributed by atoms with Crippen LogP contribution in [0.2, 0.25) is 0 Å². The van der Waals surface area contributed by atoms with Gasteiger partial charge < -0.3 is 64.2 Å². The summed E-state index contributed by atoms with van der Waals surface area (Å²) in [5.41, 5.74) is 0. The average molecular weight is 809 g/mol. The van der Waals surface area contributed by atoms with Gasteiger partial charge in [0.1, 0.15) is 55.4 Å². The van der Waals surface area contributed by atoms with Crippen molar-refractivity contribution in [1.29, 1.82) is 0 Å². The third kappa shape index (κ3) is 20.0. The molecule has 11 unspecified atom stereocenters. The van der Waals surface area contributed by atoms with E-state index in [1.165, 1.54) is 77.0 Å². The lowest BCUT2D eigenvalue weighted by molar-refractivity contribution is -0.332. The number of rotatable bonds is 32. The lowest BCUT2D eigenvalue weighted by Gasteiger charge is -2.42. The first-order chi connectivity index (χ1) is 27.0. The summed E-state index contributed by atoms with van der Waals surface area (Å²) in [6.45, 7) is 2.53. The summed E-state index contributed by atoms with van der Waals surface area (Å²) in [5.74, 6) is -0.924. The number of hydrogen-bond donors (Lipinski definition) is 7. The molecule has 2 fully saturated rings. The summed E-state index contributed by atoms with van der Waals surface area (Å²) in [6, 6.07) is 0. The highest BCUT2D eigenvalue weighted by Gasteiger charge is 2.47. The summed E-state index contributed by atoms with van der Waals surface area (Å²) >= 11 is 0. The van der Waals surface area contributed by atoms with Crippen LogP contribution < -0.4 is 0 Å². The summed E-state index contributed by atoms with van der Waals surface area (Å²) < 4.78 is 33.3. The number of aliphatic hydroxyl groups is 7. The van der Waals surface area contributed by atoms with Gasteiger partial charge in [-0.1, -0.05) is 129 Å². The molecule has 56 heavy (non-hydrogen) atoms. The topological polar surface area (TPSA) is 231 Å². The van der Waals surface area contributed by atoms with Crippen LogP contribution in [0.3, 0.4) is 0 Å². The first kappa shape index (κ1) is 50.6. The maximum atomic E-state index is 12.9. The molecular weight excluding hydrogens is 732 g/mol. The van der Waals surface area contributed by atoms with Gasteiger partial charge in [0.15, 0.2) is 18.7 Å². The lowest BCUT2D eigenvalue weighted by atomic mass is 9.98. The number of aliphatic hydroxyl groups excluding tert-OH is 7. The van der Waals surface area contributed by atoms with E-state index in [2.05, 4.69) is 13.8 Å². The van der Waals surface area contributed by atoms with E-state index in [-0.39, 0.29) is 26.1 Å². The van der Waals surface area contributed by atoms with Crippen LogP contribution >= 0.6 is 0 Å². The SMILES string of the molecule is CCCCCCCCCCCCCCC(=O)OC(COC(=O)CCCCCCCCCC)COC1OC(COC2OC(CO)C(O)C(O)C2O)C(O)C(O)C1O. The molecule has 7 N–H and O–H groups in total. The van der Waals surface area contributed by atoms with Gasteiger partial charge >= 0.3 is 11.9 Å². The normalized spacial score (nSPS) is 28.6. The smallest absolute Gasteiger partial charge is 0.306 e. The minimum atomic E-state index is -1.76. The molecule has 2 heterocycles. The van der Waals surface area contributed by atoms with Gasteiger partial charge in [0.25, 0.3) is 0 Å². The van der Waals surface area contributed by atoms with Crippen LogP contribution in [-0.2, 0) is 38.0 Å². The molecule has 0 aromatic carbocycles. The van der Waals surface area contributed by atoms with Crippen molar-refractivity contribution >= 4 is 11.9 Å². The maximum absolute atomic E-state index is 12.9. The molecule has 0 aromatic heterocycles. The van der Waals surface area contributed by atoms with Crippen LogP contribution in [0.5, 0.6) is 0 Å². The van der Waals surface area contributed by atoms with Crippen LogP contribution in [0.4, 0.5) is 0 Å². The third-order valence-corrected chi connectivity index (χ3v) is 10.6. The Balaban J connectivity index is 1.88. The summed E-state index contributed by atoms with van der Waals surface area (Å²) in [7, 11) is 0. The zero-order chi connectivity index (χ0) is 41.1. The quantitative estimate of drug-likeness (QED) is 0.0380. The van der Waals surface area contributed by atoms with Gasteiger partial charge in [0, 0.05) is 12.8 Å². The van der Waals surface area contributed by atoms with Gasteiger partial charge in [-0.05, 0) is 12.8 Å². The molecule has 0 spiro atoms. The van der Waals surface area contributed by atoms with Gasteiger partial charge in [-0.3, -0.25) is 9.59 Å². The van der Waals surface area contributed by atoms with Crippen molar-refractivity contribution in [1.82, 2.24) is 0 Å². The van der Waals surface area contributed by atoms with Crippen molar-refractivity contribution in [3.63, 3.8) is 0 Å². The van der Waals surface area contributed by atoms with E-state index in [1.807, 2.05) is 0 Å². The molecule has 330 valence electrons. The fraction of sp³-hybridized carbons (Fsp3) is 0.951. The van der Waals surface area contributed by atoms with E-state index in [0.717, 1.165) is 38.5 Å². The van der Waals surface area contributed by atoms with E-state index < -0.39 is 92.7 Å². The number of unbranched alkanes of at least 4 members (excludes halogenated alkanes) is 18. The monoisotopic (exact) mass is 809 g/mol. The first-order valence-corrected chi connectivity index (χ1v) is 21.6. The second-order valence-corrected chi connectivity index (χ2v) is 15.5. The molecule has 0 aromatic rings. The second kappa shape index (κ2) is 30.5. The largest absolute Gasteiger partial charge is 0.462 e. The van der Waals surface area contributed by atoms with E-state index in [0.29, 0.717) is 12.8 Å². The first-order valence-electron chi connectivity index (χ1n) is 21.6. The predicted molar refractivity (Wildman–Crippen MR) is 206 cm³/mol. The Bertz CT molecular complexity index is 1000. The molecule has 0 saturated carbocycles. The van der Waals surface area contributed by atoms with E-state index in [9.17, 15) is 45.3 Å². The second-order valence-electron chi connectivity index (χ2n) is 15.5. The molecule has 2 rings (SSSR count). The Kier molecular flexibility index (Phi) is 27.6. The Morgan fingerprint density at radius 1 is 0.500 bits per heavy atom. The molecule has 2 aliphatic heterocycles. The molecule has 0 bridgehead atoms. The fourth-order valence-corrected chi connectivity index (χ4v) is 6.92. The van der Waals surface area contributed by atoms with Gasteiger partial charge in [0.2, 0.25) is 0 Å². The van der Waals surface area contributed by atoms with E-state index in [1.54, 1.807) is 0 Å². The molecule has 0 radical (unpaired) electrons. The Labute approximate surface area is 334 Å². The van der Waals surface area contributed by atoms with Crippen LogP contribution in [0.1, 0.15) is 155 Å². The summed E-state index contributed by atoms with van der Waals surface area (Å²) in [4.78, 5) is 25.4. The fourth-order valence-electron chi connectivity index (χ4n) is 6.92. The molecule has 2 aliphatic rings. The van der Waals surface area contributed by atoms with Crippen LogP contribution in [0.25, 0.3) is 0 Å². The van der Waals surface area contributed by atoms with Crippen LogP contribution in [-0.4, -0.2) is 142 Å². The number of ether oxygens (including phenoxy) is 6. The number of carbonyl (C=O) groups excluding carboxylic acids is 2. The molecule has 0 aliphatic carbocycles. The average Bonchev–Trinajstić information content (AvgIpc) is 3.19. The molecule has 11 atom stereocenters. The Morgan fingerprint density at radius 2 is 0.911 bits per heavy atom. The Morgan fingerprint density at radius 3 is 1.39 bits per heavy atom. The minimum absolute atomic E-state index is 0.172. The highest BCUT2D eigenvalue weighted by Crippen LogP contribution is 2.26.